The van der Waals surface area contributed by atoms with E-state index >= 15 is 0 Å². The Hall–Kier alpha value is -3.60. The van der Waals surface area contributed by atoms with Crippen molar-refractivity contribution in [3.63, 3.8) is 0 Å². The van der Waals surface area contributed by atoms with Gasteiger partial charge in [-0.2, -0.15) is 0 Å². The van der Waals surface area contributed by atoms with E-state index in [1.54, 1.807) is 30.5 Å². The molecule has 0 saturated carbocycles. The average molecular weight is 457 g/mol. The van der Waals surface area contributed by atoms with Crippen molar-refractivity contribution in [3.8, 4) is 17.1 Å². The van der Waals surface area contributed by atoms with Gasteiger partial charge in [-0.05, 0) is 12.1 Å². The molecule has 172 valence electrons. The predicted octanol–water partition coefficient (Wildman–Crippen LogP) is 3.39. The third-order valence-electron chi connectivity index (χ3n) is 6.10. The van der Waals surface area contributed by atoms with Crippen molar-refractivity contribution in [2.45, 2.75) is 5.92 Å². The molecule has 0 bridgehead atoms. The summed E-state index contributed by atoms with van der Waals surface area (Å²) < 4.78 is 49.0. The van der Waals surface area contributed by atoms with Crippen molar-refractivity contribution in [1.82, 2.24) is 19.9 Å². The van der Waals surface area contributed by atoms with E-state index in [0.29, 0.717) is 44.4 Å². The van der Waals surface area contributed by atoms with Gasteiger partial charge in [0.25, 0.3) is 5.92 Å². The number of ether oxygens (including phenoxy) is 1. The first-order valence-electron chi connectivity index (χ1n) is 10.4. The summed E-state index contributed by atoms with van der Waals surface area (Å²) in [6, 6.07) is 2.92. The second kappa shape index (κ2) is 7.77. The van der Waals surface area contributed by atoms with Crippen LogP contribution in [0.4, 0.5) is 24.5 Å². The molecule has 8 nitrogen and oxygen atoms in total. The Morgan fingerprint density at radius 2 is 2.00 bits per heavy atom. The molecule has 1 aromatic carbocycles. The van der Waals surface area contributed by atoms with E-state index in [4.69, 9.17) is 10.5 Å². The van der Waals surface area contributed by atoms with Crippen LogP contribution in [0.5, 0.6) is 6.01 Å². The number of aromatic amines is 1. The molecule has 1 aliphatic heterocycles. The number of hydrogen-bond acceptors (Lipinski definition) is 7. The number of H-pyrrole nitrogens is 1. The third-order valence-corrected chi connectivity index (χ3v) is 6.10. The van der Waals surface area contributed by atoms with E-state index in [9.17, 15) is 13.2 Å². The zero-order valence-electron chi connectivity index (χ0n) is 18.0. The number of aromatic nitrogens is 4. The molecule has 1 atom stereocenters. The number of anilines is 2. The number of nitrogens with zero attached hydrogens (tertiary/aromatic N) is 4. The molecule has 0 radical (unpaired) electrons. The zero-order chi connectivity index (χ0) is 23.3. The van der Waals surface area contributed by atoms with Gasteiger partial charge in [0.05, 0.1) is 41.9 Å². The lowest BCUT2D eigenvalue weighted by Crippen LogP contribution is -2.32. The smallest absolute Gasteiger partial charge is 0.316 e. The highest BCUT2D eigenvalue weighted by molar-refractivity contribution is 6.17. The molecule has 33 heavy (non-hydrogen) atoms. The molecule has 0 aliphatic carbocycles. The lowest BCUT2D eigenvalue weighted by atomic mass is 10.0. The van der Waals surface area contributed by atoms with Crippen LogP contribution >= 0.6 is 0 Å². The summed E-state index contributed by atoms with van der Waals surface area (Å²) >= 11 is 0. The molecular formula is C22H22F3N7O. The minimum Gasteiger partial charge on any atom is -0.467 e. The Bertz CT molecular complexity index is 1340. The molecular weight excluding hydrogens is 435 g/mol. The summed E-state index contributed by atoms with van der Waals surface area (Å²) in [6.07, 6.45) is 4.67. The Balaban J connectivity index is 1.82. The van der Waals surface area contributed by atoms with Gasteiger partial charge in [0.15, 0.2) is 0 Å². The number of rotatable bonds is 5. The van der Waals surface area contributed by atoms with Gasteiger partial charge in [-0.1, -0.05) is 0 Å². The molecule has 0 unspecified atom stereocenters. The van der Waals surface area contributed by atoms with Crippen LogP contribution in [-0.2, 0) is 0 Å². The van der Waals surface area contributed by atoms with Gasteiger partial charge in [0.1, 0.15) is 11.5 Å². The van der Waals surface area contributed by atoms with Crippen LogP contribution in [0.25, 0.3) is 33.1 Å². The van der Waals surface area contributed by atoms with Crippen LogP contribution in [-0.4, -0.2) is 59.7 Å². The van der Waals surface area contributed by atoms with Crippen LogP contribution in [0, 0.1) is 11.7 Å². The summed E-state index contributed by atoms with van der Waals surface area (Å²) in [5, 5.41) is 4.05. The number of pyridine rings is 1. The summed E-state index contributed by atoms with van der Waals surface area (Å²) in [5.41, 5.74) is 8.90. The number of alkyl halides is 2. The molecule has 11 heteroatoms. The second-order valence-electron chi connectivity index (χ2n) is 8.03. The summed E-state index contributed by atoms with van der Waals surface area (Å²) in [7, 11) is 3.13. The van der Waals surface area contributed by atoms with Gasteiger partial charge in [0.2, 0.25) is 0 Å². The predicted molar refractivity (Wildman–Crippen MR) is 120 cm³/mol. The van der Waals surface area contributed by atoms with Crippen LogP contribution in [0.3, 0.4) is 0 Å². The fraction of sp³-hybridized carbons (Fsp3) is 0.318. The van der Waals surface area contributed by atoms with Crippen molar-refractivity contribution >= 4 is 33.3 Å². The Morgan fingerprint density at radius 1 is 1.24 bits per heavy atom. The fourth-order valence-corrected chi connectivity index (χ4v) is 4.47. The molecule has 5 rings (SSSR count). The summed E-state index contributed by atoms with van der Waals surface area (Å²) in [4.78, 5) is 17.6. The SMILES string of the molecule is CNc1cc(F)cc2c1[nH]c1ncc(-c3cnc(OC)nc3)c(N3C[C@H](CN)C(F)(F)C3)c12. The maximum atomic E-state index is 14.7. The molecule has 4 heterocycles. The Morgan fingerprint density at radius 3 is 2.64 bits per heavy atom. The lowest BCUT2D eigenvalue weighted by molar-refractivity contribution is -0.0170. The van der Waals surface area contributed by atoms with Crippen LogP contribution in [0.15, 0.2) is 30.7 Å². The normalized spacial score (nSPS) is 17.8. The van der Waals surface area contributed by atoms with Crippen molar-refractivity contribution in [3.05, 3.63) is 36.5 Å². The topological polar surface area (TPSA) is 105 Å². The first-order valence-corrected chi connectivity index (χ1v) is 10.4. The largest absolute Gasteiger partial charge is 0.467 e. The molecule has 1 aliphatic rings. The van der Waals surface area contributed by atoms with Gasteiger partial charge in [-0.15, -0.1) is 0 Å². The van der Waals surface area contributed by atoms with Gasteiger partial charge in [0, 0.05) is 55.2 Å². The minimum absolute atomic E-state index is 0.0491. The number of methoxy groups -OCH3 is 1. The molecule has 1 saturated heterocycles. The quantitative estimate of drug-likeness (QED) is 0.422. The number of fused-ring (bicyclic) bond motifs is 3. The lowest BCUT2D eigenvalue weighted by Gasteiger charge is -2.23. The Kier molecular flexibility index (Phi) is 5.00. The van der Waals surface area contributed by atoms with Crippen molar-refractivity contribution < 1.29 is 17.9 Å². The van der Waals surface area contributed by atoms with Gasteiger partial charge >= 0.3 is 6.01 Å². The highest BCUT2D eigenvalue weighted by atomic mass is 19.3. The number of nitrogens with one attached hydrogen (secondary N) is 2. The number of nitrogens with two attached hydrogens (primary N) is 1. The molecule has 1 fully saturated rings. The zero-order valence-corrected chi connectivity index (χ0v) is 18.0. The molecule has 3 aromatic heterocycles. The molecule has 4 aromatic rings. The van der Waals surface area contributed by atoms with Crippen LogP contribution < -0.4 is 20.7 Å². The van der Waals surface area contributed by atoms with Crippen LogP contribution in [0.2, 0.25) is 0 Å². The first-order chi connectivity index (χ1) is 15.9. The summed E-state index contributed by atoms with van der Waals surface area (Å²) in [5.74, 6) is -4.43. The van der Waals surface area contributed by atoms with E-state index in [0.717, 1.165) is 0 Å². The standard InChI is InChI=1S/C22H22F3N7O/c1-27-16-4-13(23)3-14-17-19(32-9-12(5-26)22(24,25)10-32)15(8-28-20(17)31-18(14)16)11-6-29-21(33-2)30-7-11/h3-4,6-8,12,27H,5,9-10,26H2,1-2H3,(H,28,31)/t12-/m0/s1. The van der Waals surface area contributed by atoms with E-state index in [1.807, 2.05) is 0 Å². The van der Waals surface area contributed by atoms with E-state index < -0.39 is 24.2 Å². The maximum Gasteiger partial charge on any atom is 0.316 e. The van der Waals surface area contributed by atoms with Gasteiger partial charge in [-0.3, -0.25) is 0 Å². The minimum atomic E-state index is -2.97. The van der Waals surface area contributed by atoms with Crippen molar-refractivity contribution in [1.29, 1.82) is 0 Å². The highest BCUT2D eigenvalue weighted by Gasteiger charge is 2.48. The highest BCUT2D eigenvalue weighted by Crippen LogP contribution is 2.45. The van der Waals surface area contributed by atoms with Gasteiger partial charge < -0.3 is 25.7 Å². The van der Waals surface area contributed by atoms with E-state index in [1.165, 1.54) is 19.2 Å². The maximum absolute atomic E-state index is 14.7. The number of hydrogen-bond donors (Lipinski definition) is 3. The van der Waals surface area contributed by atoms with Crippen molar-refractivity contribution in [2.24, 2.45) is 11.7 Å². The summed E-state index contributed by atoms with van der Waals surface area (Å²) in [6.45, 7) is -0.614. The molecule has 0 spiro atoms. The van der Waals surface area contributed by atoms with E-state index in [2.05, 4.69) is 25.3 Å². The molecule has 4 N–H and O–H groups in total. The monoisotopic (exact) mass is 457 g/mol. The van der Waals surface area contributed by atoms with Crippen molar-refractivity contribution in [2.75, 3.05) is 44.0 Å². The number of halogens is 3. The second-order valence-corrected chi connectivity index (χ2v) is 8.03. The third kappa shape index (κ3) is 3.39. The Labute approximate surface area is 187 Å². The average Bonchev–Trinajstić information content (AvgIpc) is 3.34. The first kappa shape index (κ1) is 21.3. The van der Waals surface area contributed by atoms with Gasteiger partial charge in [-0.25, -0.2) is 28.1 Å². The number of benzene rings is 1. The van der Waals surface area contributed by atoms with Crippen LogP contribution in [0.1, 0.15) is 0 Å². The van der Waals surface area contributed by atoms with E-state index in [-0.39, 0.29) is 19.1 Å². The molecule has 0 amide bonds. The fourth-order valence-electron chi connectivity index (χ4n) is 4.47.